The number of alkyl halides is 3. The van der Waals surface area contributed by atoms with Crippen molar-refractivity contribution in [3.05, 3.63) is 0 Å². The number of nitrogens with zero attached hydrogens (tertiary/aromatic N) is 1. The Morgan fingerprint density at radius 1 is 1.56 bits per heavy atom. The van der Waals surface area contributed by atoms with Crippen LogP contribution < -0.4 is 5.32 Å². The van der Waals surface area contributed by atoms with E-state index in [9.17, 15) is 18.3 Å². The smallest absolute Gasteiger partial charge is 0.252 e. The molecule has 0 saturated carbocycles. The third-order valence-corrected chi connectivity index (χ3v) is 4.53. The van der Waals surface area contributed by atoms with E-state index >= 15 is 0 Å². The van der Waals surface area contributed by atoms with E-state index in [0.717, 1.165) is 11.8 Å². The number of rotatable bonds is 1. The lowest BCUT2D eigenvalue weighted by Gasteiger charge is -2.36. The van der Waals surface area contributed by atoms with E-state index in [1.807, 2.05) is 0 Å². The summed E-state index contributed by atoms with van der Waals surface area (Å²) in [6.07, 6.45) is -5.58. The van der Waals surface area contributed by atoms with E-state index in [0.29, 0.717) is 12.3 Å². The number of hydrogen-bond acceptors (Lipinski definition) is 4. The van der Waals surface area contributed by atoms with Crippen molar-refractivity contribution in [2.45, 2.75) is 41.7 Å². The van der Waals surface area contributed by atoms with E-state index in [1.54, 1.807) is 7.05 Å². The zero-order valence-electron chi connectivity index (χ0n) is 8.61. The van der Waals surface area contributed by atoms with Gasteiger partial charge in [-0.15, -0.1) is 11.8 Å². The van der Waals surface area contributed by atoms with Crippen molar-refractivity contribution in [1.82, 2.24) is 5.32 Å². The lowest BCUT2D eigenvalue weighted by Crippen LogP contribution is -2.50. The van der Waals surface area contributed by atoms with E-state index in [4.69, 9.17) is 0 Å². The molecule has 2 aliphatic rings. The molecule has 2 N–H and O–H groups in total. The van der Waals surface area contributed by atoms with Gasteiger partial charge in [0.05, 0.1) is 17.1 Å². The number of fused-ring (bicyclic) bond motifs is 1. The van der Waals surface area contributed by atoms with Crippen LogP contribution >= 0.6 is 11.8 Å². The highest BCUT2D eigenvalue weighted by atomic mass is 32.2. The Morgan fingerprint density at radius 2 is 2.25 bits per heavy atom. The predicted molar refractivity (Wildman–Crippen MR) is 57.0 cm³/mol. The van der Waals surface area contributed by atoms with Crippen molar-refractivity contribution < 1.29 is 18.3 Å². The quantitative estimate of drug-likeness (QED) is 0.728. The second-order valence-corrected chi connectivity index (χ2v) is 5.35. The molecule has 1 fully saturated rings. The normalized spacial score (nSPS) is 43.1. The predicted octanol–water partition coefficient (Wildman–Crippen LogP) is 0.825. The monoisotopic (exact) mass is 254 g/mol. The van der Waals surface area contributed by atoms with Gasteiger partial charge in [0, 0.05) is 18.7 Å². The summed E-state index contributed by atoms with van der Waals surface area (Å²) in [5.74, 6) is 0.618. The zero-order chi connectivity index (χ0) is 11.9. The Labute approximate surface area is 95.5 Å². The molecule has 92 valence electrons. The van der Waals surface area contributed by atoms with Crippen LogP contribution in [-0.2, 0) is 0 Å². The number of amidine groups is 1. The number of nitrogens with one attached hydrogen (secondary N) is 1. The van der Waals surface area contributed by atoms with E-state index in [1.165, 1.54) is 0 Å². The van der Waals surface area contributed by atoms with E-state index in [2.05, 4.69) is 10.3 Å². The van der Waals surface area contributed by atoms with Crippen molar-refractivity contribution in [1.29, 1.82) is 0 Å². The summed E-state index contributed by atoms with van der Waals surface area (Å²) < 4.78 is 38.9. The molecule has 0 bridgehead atoms. The van der Waals surface area contributed by atoms with Gasteiger partial charge in [-0.1, -0.05) is 0 Å². The first-order valence-electron chi connectivity index (χ1n) is 5.04. The van der Waals surface area contributed by atoms with Gasteiger partial charge in [-0.05, 0) is 0 Å². The Hall–Kier alpha value is -0.430. The molecule has 0 spiro atoms. The van der Waals surface area contributed by atoms with Crippen LogP contribution in [0.3, 0.4) is 0 Å². The van der Waals surface area contributed by atoms with Crippen LogP contribution in [-0.4, -0.2) is 53.2 Å². The van der Waals surface area contributed by atoms with Gasteiger partial charge in [-0.2, -0.15) is 0 Å². The maximum atomic E-state index is 13.7. The lowest BCUT2D eigenvalue weighted by atomic mass is 10.0. The molecule has 5 atom stereocenters. The number of aliphatic imine (C=N–C) groups is 1. The topological polar surface area (TPSA) is 44.6 Å². The average Bonchev–Trinajstić information content (AvgIpc) is 2.66. The number of hydrogen-bond donors (Lipinski definition) is 2. The molecule has 0 aromatic heterocycles. The molecule has 1 unspecified atom stereocenters. The van der Waals surface area contributed by atoms with Crippen LogP contribution in [0.4, 0.5) is 13.2 Å². The van der Waals surface area contributed by atoms with Gasteiger partial charge in [0.1, 0.15) is 6.10 Å². The summed E-state index contributed by atoms with van der Waals surface area (Å²) in [5, 5.41) is 10.6. The Morgan fingerprint density at radius 3 is 2.81 bits per heavy atom. The molecule has 2 rings (SSSR count). The van der Waals surface area contributed by atoms with Crippen LogP contribution in [0.5, 0.6) is 0 Å². The minimum Gasteiger partial charge on any atom is -0.389 e. The molecule has 7 heteroatoms. The molecule has 0 amide bonds. The van der Waals surface area contributed by atoms with Gasteiger partial charge in [-0.3, -0.25) is 4.99 Å². The van der Waals surface area contributed by atoms with Crippen molar-refractivity contribution in [2.75, 3.05) is 7.05 Å². The number of halogens is 3. The third-order valence-electron chi connectivity index (χ3n) is 2.94. The minimum atomic E-state index is -2.71. The van der Waals surface area contributed by atoms with E-state index < -0.39 is 30.0 Å². The standard InChI is InChI=1S/C9H13F3N2OS/c1-13-4-2-3-6(14-4)5(10)7(15)8(16-3)9(11)12/h3,5-9,15H,2H2,1H3,(H,13,14)/t3-,5+,6+,7+,8?/m1/s1. The molecule has 2 aliphatic heterocycles. The Balaban J connectivity index is 2.14. The molecule has 0 radical (unpaired) electrons. The minimum absolute atomic E-state index is 0.292. The van der Waals surface area contributed by atoms with Crippen LogP contribution in [0, 0.1) is 0 Å². The fourth-order valence-corrected chi connectivity index (χ4v) is 3.53. The zero-order valence-corrected chi connectivity index (χ0v) is 9.42. The van der Waals surface area contributed by atoms with Gasteiger partial charge in [-0.25, -0.2) is 13.2 Å². The van der Waals surface area contributed by atoms with Crippen molar-refractivity contribution in [3.63, 3.8) is 0 Å². The highest BCUT2D eigenvalue weighted by Crippen LogP contribution is 2.42. The molecule has 16 heavy (non-hydrogen) atoms. The first-order chi connectivity index (χ1) is 7.54. The molecule has 2 heterocycles. The third kappa shape index (κ3) is 1.90. The van der Waals surface area contributed by atoms with E-state index in [-0.39, 0.29) is 5.25 Å². The van der Waals surface area contributed by atoms with Crippen molar-refractivity contribution in [3.8, 4) is 0 Å². The van der Waals surface area contributed by atoms with Crippen LogP contribution in [0.15, 0.2) is 4.99 Å². The summed E-state index contributed by atoms with van der Waals surface area (Å²) in [7, 11) is 1.66. The molecule has 0 aliphatic carbocycles. The lowest BCUT2D eigenvalue weighted by molar-refractivity contribution is 0.00905. The highest BCUT2D eigenvalue weighted by molar-refractivity contribution is 8.00. The molecule has 1 saturated heterocycles. The second-order valence-electron chi connectivity index (χ2n) is 3.93. The highest BCUT2D eigenvalue weighted by Gasteiger charge is 2.50. The van der Waals surface area contributed by atoms with Gasteiger partial charge >= 0.3 is 0 Å². The van der Waals surface area contributed by atoms with Crippen LogP contribution in [0.1, 0.15) is 6.42 Å². The maximum absolute atomic E-state index is 13.7. The molecule has 0 aromatic carbocycles. The van der Waals surface area contributed by atoms with Crippen molar-refractivity contribution in [2.24, 2.45) is 4.99 Å². The van der Waals surface area contributed by atoms with Crippen LogP contribution in [0.25, 0.3) is 0 Å². The summed E-state index contributed by atoms with van der Waals surface area (Å²) in [6, 6.07) is -0.697. The molecular formula is C9H13F3N2OS. The van der Waals surface area contributed by atoms with Crippen molar-refractivity contribution >= 4 is 17.6 Å². The Bertz CT molecular complexity index is 302. The average molecular weight is 254 g/mol. The molecular weight excluding hydrogens is 241 g/mol. The largest absolute Gasteiger partial charge is 0.389 e. The van der Waals surface area contributed by atoms with Gasteiger partial charge in [0.25, 0.3) is 6.43 Å². The first kappa shape index (κ1) is 12.0. The van der Waals surface area contributed by atoms with Gasteiger partial charge in [0.2, 0.25) is 0 Å². The fourth-order valence-electron chi connectivity index (χ4n) is 2.07. The maximum Gasteiger partial charge on any atom is 0.252 e. The number of aliphatic hydroxyl groups is 1. The summed E-state index contributed by atoms with van der Waals surface area (Å²) in [4.78, 5) is 4.06. The summed E-state index contributed by atoms with van der Waals surface area (Å²) >= 11 is 0.947. The van der Waals surface area contributed by atoms with Gasteiger partial charge in [0.15, 0.2) is 6.17 Å². The number of aliphatic hydroxyl groups excluding tert-OH is 1. The second kappa shape index (κ2) is 4.44. The first-order valence-corrected chi connectivity index (χ1v) is 5.99. The SMILES string of the molecule is CNC1=N[C@@H]2[C@H](F)[C@H](O)C(C(F)F)S[C@@H]2C1. The van der Waals surface area contributed by atoms with Crippen LogP contribution in [0.2, 0.25) is 0 Å². The molecule has 3 nitrogen and oxygen atoms in total. The molecule has 0 aromatic rings. The van der Waals surface area contributed by atoms with Gasteiger partial charge < -0.3 is 10.4 Å². The summed E-state index contributed by atoms with van der Waals surface area (Å²) in [5.41, 5.74) is 0. The number of thioether (sulfide) groups is 1. The summed E-state index contributed by atoms with van der Waals surface area (Å²) in [6.45, 7) is 0. The fraction of sp³-hybridized carbons (Fsp3) is 0.889. The Kier molecular flexibility index (Phi) is 3.34.